The van der Waals surface area contributed by atoms with Gasteiger partial charge in [-0.05, 0) is 57.7 Å². The number of hydrogen-bond donors (Lipinski definition) is 1. The van der Waals surface area contributed by atoms with E-state index in [1.165, 1.54) is 0 Å². The molecule has 0 radical (unpaired) electrons. The number of ether oxygens (including phenoxy) is 1. The zero-order chi connectivity index (χ0) is 14.7. The molecule has 2 aromatic carbocycles. The molecule has 1 unspecified atom stereocenters. The zero-order valence-corrected chi connectivity index (χ0v) is 13.7. The van der Waals surface area contributed by atoms with Crippen molar-refractivity contribution in [2.75, 3.05) is 13.7 Å². The molecule has 0 aliphatic heterocycles. The molecular formula is C16H16BrClO2. The van der Waals surface area contributed by atoms with Crippen molar-refractivity contribution in [3.8, 4) is 5.75 Å². The van der Waals surface area contributed by atoms with E-state index in [1.807, 2.05) is 43.3 Å². The maximum Gasteiger partial charge on any atom is 0.121 e. The van der Waals surface area contributed by atoms with Gasteiger partial charge in [-0.1, -0.05) is 29.8 Å². The number of methoxy groups -OCH3 is 1. The van der Waals surface area contributed by atoms with Crippen LogP contribution in [0.4, 0.5) is 0 Å². The van der Waals surface area contributed by atoms with Crippen LogP contribution in [0.15, 0.2) is 40.9 Å². The summed E-state index contributed by atoms with van der Waals surface area (Å²) in [5.41, 5.74) is 3.13. The van der Waals surface area contributed by atoms with E-state index in [-0.39, 0.29) is 12.5 Å². The summed E-state index contributed by atoms with van der Waals surface area (Å²) in [6, 6.07) is 11.7. The van der Waals surface area contributed by atoms with Crippen LogP contribution in [-0.2, 0) is 0 Å². The minimum atomic E-state index is -0.0758. The molecule has 0 fully saturated rings. The van der Waals surface area contributed by atoms with E-state index in [2.05, 4.69) is 15.9 Å². The molecule has 0 spiro atoms. The Balaban J connectivity index is 2.41. The fraction of sp³-hybridized carbons (Fsp3) is 0.250. The Bertz CT molecular complexity index is 613. The number of aliphatic hydroxyl groups excluding tert-OH is 1. The van der Waals surface area contributed by atoms with Gasteiger partial charge in [-0.3, -0.25) is 0 Å². The average molecular weight is 356 g/mol. The summed E-state index contributed by atoms with van der Waals surface area (Å²) in [6.45, 7) is 2.04. The number of hydrogen-bond acceptors (Lipinski definition) is 2. The van der Waals surface area contributed by atoms with Crippen LogP contribution in [0.2, 0.25) is 5.02 Å². The topological polar surface area (TPSA) is 29.5 Å². The molecule has 0 amide bonds. The molecule has 0 aromatic heterocycles. The van der Waals surface area contributed by atoms with Gasteiger partial charge in [0.15, 0.2) is 0 Å². The Labute approximate surface area is 132 Å². The highest BCUT2D eigenvalue weighted by atomic mass is 79.9. The lowest BCUT2D eigenvalue weighted by atomic mass is 9.91. The van der Waals surface area contributed by atoms with Gasteiger partial charge in [0.2, 0.25) is 0 Å². The van der Waals surface area contributed by atoms with Crippen molar-refractivity contribution in [1.29, 1.82) is 0 Å². The van der Waals surface area contributed by atoms with Crippen molar-refractivity contribution in [3.63, 3.8) is 0 Å². The van der Waals surface area contributed by atoms with Crippen molar-refractivity contribution in [2.45, 2.75) is 12.8 Å². The molecular weight excluding hydrogens is 340 g/mol. The minimum absolute atomic E-state index is 0.0415. The van der Waals surface area contributed by atoms with Gasteiger partial charge < -0.3 is 9.84 Å². The average Bonchev–Trinajstić information content (AvgIpc) is 2.44. The fourth-order valence-electron chi connectivity index (χ4n) is 2.25. The van der Waals surface area contributed by atoms with E-state index in [4.69, 9.17) is 16.3 Å². The zero-order valence-electron chi connectivity index (χ0n) is 11.4. The third-order valence-electron chi connectivity index (χ3n) is 3.35. The number of aryl methyl sites for hydroxylation is 1. The van der Waals surface area contributed by atoms with Gasteiger partial charge in [0.25, 0.3) is 0 Å². The molecule has 106 valence electrons. The maximum absolute atomic E-state index is 9.73. The van der Waals surface area contributed by atoms with Gasteiger partial charge >= 0.3 is 0 Å². The normalized spacial score (nSPS) is 12.2. The summed E-state index contributed by atoms with van der Waals surface area (Å²) >= 11 is 9.43. The number of benzene rings is 2. The molecule has 0 aliphatic carbocycles. The molecule has 0 saturated carbocycles. The fourth-order valence-corrected chi connectivity index (χ4v) is 2.76. The first kappa shape index (κ1) is 15.4. The molecule has 20 heavy (non-hydrogen) atoms. The Morgan fingerprint density at radius 1 is 1.20 bits per heavy atom. The van der Waals surface area contributed by atoms with Gasteiger partial charge in [0, 0.05) is 10.4 Å². The van der Waals surface area contributed by atoms with E-state index in [1.54, 1.807) is 7.11 Å². The third kappa shape index (κ3) is 3.17. The van der Waals surface area contributed by atoms with Gasteiger partial charge in [0.1, 0.15) is 5.75 Å². The number of halogens is 2. The third-order valence-corrected chi connectivity index (χ3v) is 4.56. The highest BCUT2D eigenvalue weighted by molar-refractivity contribution is 9.10. The summed E-state index contributed by atoms with van der Waals surface area (Å²) in [6.07, 6.45) is 0. The summed E-state index contributed by atoms with van der Waals surface area (Å²) < 4.78 is 6.10. The highest BCUT2D eigenvalue weighted by Crippen LogP contribution is 2.32. The second-order valence-corrected chi connectivity index (χ2v) is 5.90. The van der Waals surface area contributed by atoms with Crippen molar-refractivity contribution >= 4 is 27.5 Å². The molecule has 1 atom stereocenters. The first-order chi connectivity index (χ1) is 9.56. The molecule has 0 aliphatic rings. The van der Waals surface area contributed by atoms with Crippen LogP contribution in [0.25, 0.3) is 0 Å². The van der Waals surface area contributed by atoms with Crippen molar-refractivity contribution in [1.82, 2.24) is 0 Å². The Morgan fingerprint density at radius 2 is 1.85 bits per heavy atom. The van der Waals surface area contributed by atoms with Crippen molar-refractivity contribution in [3.05, 3.63) is 62.6 Å². The minimum Gasteiger partial charge on any atom is -0.496 e. The highest BCUT2D eigenvalue weighted by Gasteiger charge is 2.15. The van der Waals surface area contributed by atoms with E-state index in [9.17, 15) is 5.11 Å². The smallest absolute Gasteiger partial charge is 0.121 e. The predicted molar refractivity (Wildman–Crippen MR) is 85.8 cm³/mol. The number of aliphatic hydroxyl groups is 1. The first-order valence-electron chi connectivity index (χ1n) is 6.27. The van der Waals surface area contributed by atoms with Crippen LogP contribution >= 0.6 is 27.5 Å². The lowest BCUT2D eigenvalue weighted by molar-refractivity contribution is 0.280. The lowest BCUT2D eigenvalue weighted by Crippen LogP contribution is -2.06. The van der Waals surface area contributed by atoms with Gasteiger partial charge in [0.05, 0.1) is 18.7 Å². The van der Waals surface area contributed by atoms with Crippen LogP contribution in [0.3, 0.4) is 0 Å². The van der Waals surface area contributed by atoms with E-state index >= 15 is 0 Å². The monoisotopic (exact) mass is 354 g/mol. The second-order valence-electron chi connectivity index (χ2n) is 4.64. The van der Waals surface area contributed by atoms with E-state index < -0.39 is 0 Å². The van der Waals surface area contributed by atoms with Gasteiger partial charge in [-0.25, -0.2) is 0 Å². The predicted octanol–water partition coefficient (Wildman–Crippen LogP) is 4.54. The second kappa shape index (κ2) is 6.61. The molecule has 0 heterocycles. The lowest BCUT2D eigenvalue weighted by Gasteiger charge is -2.17. The largest absolute Gasteiger partial charge is 0.496 e. The van der Waals surface area contributed by atoms with Crippen LogP contribution < -0.4 is 4.74 Å². The molecule has 0 saturated heterocycles. The summed E-state index contributed by atoms with van der Waals surface area (Å²) in [7, 11) is 1.65. The van der Waals surface area contributed by atoms with Crippen molar-refractivity contribution < 1.29 is 9.84 Å². The molecule has 0 bridgehead atoms. The summed E-state index contributed by atoms with van der Waals surface area (Å²) in [4.78, 5) is 0. The van der Waals surface area contributed by atoms with Gasteiger partial charge in [-0.15, -0.1) is 0 Å². The SMILES string of the molecule is COc1ccc(C(CO)c2ccc(Cl)c(Br)c2)cc1C. The molecule has 2 nitrogen and oxygen atoms in total. The Hall–Kier alpha value is -1.03. The molecule has 1 N–H and O–H groups in total. The van der Waals surface area contributed by atoms with Crippen molar-refractivity contribution in [2.24, 2.45) is 0 Å². The maximum atomic E-state index is 9.73. The van der Waals surface area contributed by atoms with Gasteiger partial charge in [-0.2, -0.15) is 0 Å². The molecule has 2 rings (SSSR count). The Morgan fingerprint density at radius 3 is 2.40 bits per heavy atom. The molecule has 2 aromatic rings. The van der Waals surface area contributed by atoms with E-state index in [0.29, 0.717) is 5.02 Å². The van der Waals surface area contributed by atoms with Crippen LogP contribution in [0, 0.1) is 6.92 Å². The Kier molecular flexibility index (Phi) is 5.08. The summed E-state index contributed by atoms with van der Waals surface area (Å²) in [5.74, 6) is 0.774. The molecule has 4 heteroatoms. The van der Waals surface area contributed by atoms with E-state index in [0.717, 1.165) is 26.9 Å². The summed E-state index contributed by atoms with van der Waals surface area (Å²) in [5, 5.41) is 10.4. The standard InChI is InChI=1S/C16H16BrClO2/c1-10-7-11(4-6-16(10)20-2)13(9-19)12-3-5-15(18)14(17)8-12/h3-8,13,19H,9H2,1-2H3. The van der Waals surface area contributed by atoms with Crippen LogP contribution in [0.1, 0.15) is 22.6 Å². The quantitative estimate of drug-likeness (QED) is 0.872. The number of rotatable bonds is 4. The first-order valence-corrected chi connectivity index (χ1v) is 7.44. The van der Waals surface area contributed by atoms with Crippen LogP contribution in [-0.4, -0.2) is 18.8 Å². The van der Waals surface area contributed by atoms with Crippen LogP contribution in [0.5, 0.6) is 5.75 Å².